The van der Waals surface area contributed by atoms with Crippen molar-refractivity contribution in [3.05, 3.63) is 34.0 Å². The Bertz CT molecular complexity index is 632. The van der Waals surface area contributed by atoms with Crippen LogP contribution in [0.15, 0.2) is 18.2 Å². The molecule has 0 aliphatic carbocycles. The molecule has 0 fully saturated rings. The third-order valence-electron chi connectivity index (χ3n) is 2.55. The number of rotatable bonds is 3. The Morgan fingerprint density at radius 1 is 1.39 bits per heavy atom. The summed E-state index contributed by atoms with van der Waals surface area (Å²) in [5.41, 5.74) is 0.251. The minimum absolute atomic E-state index is 0.124. The number of fused-ring (bicyclic) bond motifs is 1. The molecule has 94 valence electrons. The van der Waals surface area contributed by atoms with E-state index < -0.39 is 10.9 Å². The first kappa shape index (κ1) is 11.9. The molecule has 0 amide bonds. The molecule has 2 rings (SSSR count). The van der Waals surface area contributed by atoms with Gasteiger partial charge in [0.05, 0.1) is 19.1 Å². The van der Waals surface area contributed by atoms with Crippen LogP contribution < -0.4 is 4.74 Å². The van der Waals surface area contributed by atoms with Gasteiger partial charge in [0.15, 0.2) is 0 Å². The fourth-order valence-electron chi connectivity index (χ4n) is 1.73. The molecule has 1 aromatic carbocycles. The van der Waals surface area contributed by atoms with Crippen LogP contribution in [0.5, 0.6) is 5.75 Å². The number of aromatic amines is 1. The molecule has 0 saturated heterocycles. The SMILES string of the molecule is COC(=O)c1cc2c(OC)ccc([N+](=O)[O-])c2[nH]1. The van der Waals surface area contributed by atoms with E-state index in [0.29, 0.717) is 11.1 Å². The van der Waals surface area contributed by atoms with Gasteiger partial charge in [0.25, 0.3) is 5.69 Å². The second kappa shape index (κ2) is 4.36. The van der Waals surface area contributed by atoms with Gasteiger partial charge in [-0.1, -0.05) is 0 Å². The van der Waals surface area contributed by atoms with Crippen LogP contribution in [-0.4, -0.2) is 30.1 Å². The molecule has 18 heavy (non-hydrogen) atoms. The van der Waals surface area contributed by atoms with Crippen molar-refractivity contribution in [1.29, 1.82) is 0 Å². The maximum atomic E-state index is 11.4. The normalized spacial score (nSPS) is 10.3. The number of carbonyl (C=O) groups excluding carboxylic acids is 1. The maximum absolute atomic E-state index is 11.4. The Kier molecular flexibility index (Phi) is 2.88. The maximum Gasteiger partial charge on any atom is 0.354 e. The van der Waals surface area contributed by atoms with Crippen molar-refractivity contribution in [3.8, 4) is 5.75 Å². The molecule has 0 unspecified atom stereocenters. The number of nitro groups is 1. The van der Waals surface area contributed by atoms with Gasteiger partial charge in [0, 0.05) is 11.5 Å². The minimum Gasteiger partial charge on any atom is -0.496 e. The summed E-state index contributed by atoms with van der Waals surface area (Å²) in [4.78, 5) is 24.4. The van der Waals surface area contributed by atoms with Crippen molar-refractivity contribution in [2.75, 3.05) is 14.2 Å². The van der Waals surface area contributed by atoms with Crippen LogP contribution in [0.1, 0.15) is 10.5 Å². The molecule has 2 aromatic rings. The molecule has 7 nitrogen and oxygen atoms in total. The Labute approximate surface area is 101 Å². The lowest BCUT2D eigenvalue weighted by Crippen LogP contribution is -2.00. The summed E-state index contributed by atoms with van der Waals surface area (Å²) in [6.45, 7) is 0. The number of aromatic nitrogens is 1. The van der Waals surface area contributed by atoms with Gasteiger partial charge in [-0.25, -0.2) is 4.79 Å². The number of H-pyrrole nitrogens is 1. The summed E-state index contributed by atoms with van der Waals surface area (Å²) in [6, 6.07) is 4.26. The van der Waals surface area contributed by atoms with E-state index in [2.05, 4.69) is 9.72 Å². The number of hydrogen-bond acceptors (Lipinski definition) is 5. The summed E-state index contributed by atoms with van der Waals surface area (Å²) in [7, 11) is 2.69. The second-order valence-electron chi connectivity index (χ2n) is 3.51. The van der Waals surface area contributed by atoms with Crippen LogP contribution in [-0.2, 0) is 4.74 Å². The lowest BCUT2D eigenvalue weighted by molar-refractivity contribution is -0.383. The van der Waals surface area contributed by atoms with Crippen molar-refractivity contribution in [1.82, 2.24) is 4.98 Å². The Hall–Kier alpha value is -2.57. The highest BCUT2D eigenvalue weighted by Gasteiger charge is 2.20. The highest BCUT2D eigenvalue weighted by Crippen LogP contribution is 2.33. The molecule has 1 N–H and O–H groups in total. The zero-order valence-corrected chi connectivity index (χ0v) is 9.72. The summed E-state index contributed by atoms with van der Waals surface area (Å²) >= 11 is 0. The third kappa shape index (κ3) is 1.75. The first-order valence-corrected chi connectivity index (χ1v) is 5.01. The number of nitrogens with zero attached hydrogens (tertiary/aromatic N) is 1. The van der Waals surface area contributed by atoms with Gasteiger partial charge in [-0.15, -0.1) is 0 Å². The lowest BCUT2D eigenvalue weighted by atomic mass is 10.2. The molecule has 0 aliphatic heterocycles. The van der Waals surface area contributed by atoms with Gasteiger partial charge in [-0.2, -0.15) is 0 Å². The highest BCUT2D eigenvalue weighted by molar-refractivity contribution is 6.00. The molecule has 0 spiro atoms. The smallest absolute Gasteiger partial charge is 0.354 e. The van der Waals surface area contributed by atoms with E-state index >= 15 is 0 Å². The minimum atomic E-state index is -0.595. The first-order valence-electron chi connectivity index (χ1n) is 5.01. The summed E-state index contributed by atoms with van der Waals surface area (Å²) in [5, 5.41) is 11.4. The number of non-ortho nitro benzene ring substituents is 1. The van der Waals surface area contributed by atoms with Crippen LogP contribution in [0.3, 0.4) is 0 Å². The molecule has 0 aliphatic rings. The molecule has 0 saturated carbocycles. The zero-order valence-electron chi connectivity index (χ0n) is 9.72. The van der Waals surface area contributed by atoms with Gasteiger partial charge in [-0.3, -0.25) is 10.1 Å². The van der Waals surface area contributed by atoms with Crippen LogP contribution in [0.25, 0.3) is 10.9 Å². The number of nitrogens with one attached hydrogen (secondary N) is 1. The van der Waals surface area contributed by atoms with Gasteiger partial charge in [0.1, 0.15) is 17.0 Å². The van der Waals surface area contributed by atoms with Crippen LogP contribution in [0.4, 0.5) is 5.69 Å². The number of hydrogen-bond donors (Lipinski definition) is 1. The van der Waals surface area contributed by atoms with E-state index in [0.717, 1.165) is 0 Å². The van der Waals surface area contributed by atoms with Gasteiger partial charge >= 0.3 is 5.97 Å². The van der Waals surface area contributed by atoms with E-state index in [1.165, 1.54) is 32.4 Å². The van der Waals surface area contributed by atoms with Gasteiger partial charge in [0.2, 0.25) is 0 Å². The monoisotopic (exact) mass is 250 g/mol. The molecule has 0 atom stereocenters. The molecule has 0 bridgehead atoms. The molecule has 1 heterocycles. The number of methoxy groups -OCH3 is 2. The molecule has 0 radical (unpaired) electrons. The van der Waals surface area contributed by atoms with E-state index in [1.54, 1.807) is 0 Å². The van der Waals surface area contributed by atoms with Crippen molar-refractivity contribution in [2.24, 2.45) is 0 Å². The Morgan fingerprint density at radius 2 is 2.11 bits per heavy atom. The third-order valence-corrected chi connectivity index (χ3v) is 2.55. The Balaban J connectivity index is 2.74. The number of nitro benzene ring substituents is 1. The standard InChI is InChI=1S/C11H10N2O5/c1-17-9-4-3-8(13(15)16)10-6(9)5-7(12-10)11(14)18-2/h3-5,12H,1-2H3. The van der Waals surface area contributed by atoms with E-state index in [1.807, 2.05) is 0 Å². The number of ether oxygens (including phenoxy) is 2. The topological polar surface area (TPSA) is 94.5 Å². The summed E-state index contributed by atoms with van der Waals surface area (Å²) in [5.74, 6) is -0.149. The van der Waals surface area contributed by atoms with Gasteiger partial charge in [-0.05, 0) is 12.1 Å². The number of benzene rings is 1. The lowest BCUT2D eigenvalue weighted by Gasteiger charge is -2.01. The highest BCUT2D eigenvalue weighted by atomic mass is 16.6. The number of esters is 1. The second-order valence-corrected chi connectivity index (χ2v) is 3.51. The fourth-order valence-corrected chi connectivity index (χ4v) is 1.73. The van der Waals surface area contributed by atoms with Crippen molar-refractivity contribution in [2.45, 2.75) is 0 Å². The number of carbonyl (C=O) groups is 1. The average Bonchev–Trinajstić information content (AvgIpc) is 2.80. The molecular weight excluding hydrogens is 240 g/mol. The average molecular weight is 250 g/mol. The largest absolute Gasteiger partial charge is 0.496 e. The quantitative estimate of drug-likeness (QED) is 0.509. The van der Waals surface area contributed by atoms with Crippen LogP contribution in [0.2, 0.25) is 0 Å². The molecule has 7 heteroatoms. The van der Waals surface area contributed by atoms with Crippen molar-refractivity contribution >= 4 is 22.6 Å². The predicted octanol–water partition coefficient (Wildman–Crippen LogP) is 1.87. The zero-order chi connectivity index (χ0) is 13.3. The first-order chi connectivity index (χ1) is 8.58. The predicted molar refractivity (Wildman–Crippen MR) is 62.8 cm³/mol. The van der Waals surface area contributed by atoms with Crippen LogP contribution >= 0.6 is 0 Å². The summed E-state index contributed by atoms with van der Waals surface area (Å²) < 4.78 is 9.65. The molecule has 1 aromatic heterocycles. The fraction of sp³-hybridized carbons (Fsp3) is 0.182. The Morgan fingerprint density at radius 3 is 2.67 bits per heavy atom. The van der Waals surface area contributed by atoms with Crippen molar-refractivity contribution in [3.63, 3.8) is 0 Å². The molecular formula is C11H10N2O5. The van der Waals surface area contributed by atoms with E-state index in [4.69, 9.17) is 4.74 Å². The summed E-state index contributed by atoms with van der Waals surface area (Å²) in [6.07, 6.45) is 0. The van der Waals surface area contributed by atoms with E-state index in [-0.39, 0.29) is 16.9 Å². The van der Waals surface area contributed by atoms with Crippen molar-refractivity contribution < 1.29 is 19.2 Å². The van der Waals surface area contributed by atoms with Crippen LogP contribution in [0, 0.1) is 10.1 Å². The van der Waals surface area contributed by atoms with E-state index in [9.17, 15) is 14.9 Å². The van der Waals surface area contributed by atoms with Gasteiger partial charge < -0.3 is 14.5 Å².